The lowest BCUT2D eigenvalue weighted by atomic mass is 9.78. The first-order valence-electron chi connectivity index (χ1n) is 9.18. The van der Waals surface area contributed by atoms with Crippen molar-refractivity contribution in [3.05, 3.63) is 57.6 Å². The molecule has 2 aromatic rings. The van der Waals surface area contributed by atoms with Crippen molar-refractivity contribution in [2.75, 3.05) is 0 Å². The van der Waals surface area contributed by atoms with Crippen LogP contribution in [-0.2, 0) is 38.5 Å². The van der Waals surface area contributed by atoms with Crippen LogP contribution >= 0.6 is 0 Å². The summed E-state index contributed by atoms with van der Waals surface area (Å²) < 4.78 is 0. The molecule has 22 heavy (non-hydrogen) atoms. The Balaban J connectivity index is 1.69. The van der Waals surface area contributed by atoms with E-state index in [-0.39, 0.29) is 0 Å². The van der Waals surface area contributed by atoms with Crippen LogP contribution in [0.5, 0.6) is 0 Å². The van der Waals surface area contributed by atoms with Crippen LogP contribution in [0.2, 0.25) is 0 Å². The van der Waals surface area contributed by atoms with Crippen LogP contribution in [0.15, 0.2) is 24.3 Å². The zero-order chi connectivity index (χ0) is 14.5. The molecule has 0 aliphatic heterocycles. The molecule has 0 atom stereocenters. The first-order valence-corrected chi connectivity index (χ1v) is 9.18. The molecule has 0 spiro atoms. The molecular formula is C22H24. The van der Waals surface area contributed by atoms with Gasteiger partial charge in [-0.3, -0.25) is 0 Å². The Labute approximate surface area is 133 Å². The summed E-state index contributed by atoms with van der Waals surface area (Å²) in [4.78, 5) is 0. The average molecular weight is 288 g/mol. The first kappa shape index (κ1) is 12.9. The highest BCUT2D eigenvalue weighted by atomic mass is 14.3. The molecule has 0 heterocycles. The van der Waals surface area contributed by atoms with Gasteiger partial charge >= 0.3 is 0 Å². The number of benzene rings is 2. The Kier molecular flexibility index (Phi) is 2.93. The van der Waals surface area contributed by atoms with Crippen LogP contribution in [0.25, 0.3) is 11.1 Å². The summed E-state index contributed by atoms with van der Waals surface area (Å²) >= 11 is 0. The Morgan fingerprint density at radius 1 is 0.364 bits per heavy atom. The van der Waals surface area contributed by atoms with E-state index in [1.54, 1.807) is 44.5 Å². The van der Waals surface area contributed by atoms with Crippen LogP contribution < -0.4 is 0 Å². The third kappa shape index (κ3) is 1.96. The minimum Gasteiger partial charge on any atom is -0.0549 e. The van der Waals surface area contributed by atoms with Gasteiger partial charge in [0.25, 0.3) is 0 Å². The van der Waals surface area contributed by atoms with Crippen LogP contribution in [0.3, 0.4) is 0 Å². The molecule has 3 aliphatic rings. The van der Waals surface area contributed by atoms with Gasteiger partial charge in [-0.1, -0.05) is 24.3 Å². The van der Waals surface area contributed by atoms with E-state index in [9.17, 15) is 0 Å². The predicted molar refractivity (Wildman–Crippen MR) is 92.6 cm³/mol. The van der Waals surface area contributed by atoms with Crippen LogP contribution in [0.4, 0.5) is 0 Å². The summed E-state index contributed by atoms with van der Waals surface area (Å²) in [6.07, 6.45) is 13.2. The number of aryl methyl sites for hydroxylation is 6. The van der Waals surface area contributed by atoms with E-state index < -0.39 is 0 Å². The second kappa shape index (κ2) is 4.98. The molecular weight excluding hydrogens is 264 g/mol. The molecule has 0 fully saturated rings. The number of rotatable bonds is 0. The molecule has 0 nitrogen and oxygen atoms in total. The molecule has 112 valence electrons. The van der Waals surface area contributed by atoms with Gasteiger partial charge in [0.15, 0.2) is 0 Å². The number of hydrogen-bond donors (Lipinski definition) is 0. The van der Waals surface area contributed by atoms with E-state index in [1.807, 2.05) is 0 Å². The van der Waals surface area contributed by atoms with E-state index in [2.05, 4.69) is 24.3 Å². The summed E-state index contributed by atoms with van der Waals surface area (Å²) in [5, 5.41) is 0. The van der Waals surface area contributed by atoms with Crippen LogP contribution in [0.1, 0.15) is 59.1 Å². The molecule has 0 amide bonds. The van der Waals surface area contributed by atoms with Gasteiger partial charge < -0.3 is 0 Å². The standard InChI is InChI=1S/C22H24/c1-3-7-17-13-21-19(11-15(17)5-1)9-10-20-12-16-6-2-4-8-18(16)14-22(20)21/h11-14H,1-10H2. The molecule has 0 saturated heterocycles. The van der Waals surface area contributed by atoms with Crippen molar-refractivity contribution >= 4 is 0 Å². The van der Waals surface area contributed by atoms with Gasteiger partial charge in [0.2, 0.25) is 0 Å². The van der Waals surface area contributed by atoms with E-state index in [0.29, 0.717) is 0 Å². The highest BCUT2D eigenvalue weighted by Gasteiger charge is 2.22. The largest absolute Gasteiger partial charge is 0.0549 e. The SMILES string of the molecule is c1c2c(cc3c1CCc1cc4c(cc1-3)CCCC4)CCCC2. The topological polar surface area (TPSA) is 0 Å². The van der Waals surface area contributed by atoms with E-state index in [4.69, 9.17) is 0 Å². The summed E-state index contributed by atoms with van der Waals surface area (Å²) in [7, 11) is 0. The van der Waals surface area contributed by atoms with Gasteiger partial charge in [0, 0.05) is 0 Å². The van der Waals surface area contributed by atoms with Crippen molar-refractivity contribution in [1.82, 2.24) is 0 Å². The quantitative estimate of drug-likeness (QED) is 0.624. The zero-order valence-corrected chi connectivity index (χ0v) is 13.4. The van der Waals surface area contributed by atoms with Crippen LogP contribution in [-0.4, -0.2) is 0 Å². The maximum Gasteiger partial charge on any atom is -0.0146 e. The lowest BCUT2D eigenvalue weighted by Gasteiger charge is -2.27. The normalized spacial score (nSPS) is 18.9. The smallest absolute Gasteiger partial charge is 0.0146 e. The Bertz CT molecular complexity index is 686. The summed E-state index contributed by atoms with van der Waals surface area (Å²) in [6.45, 7) is 0. The van der Waals surface area contributed by atoms with Crippen LogP contribution in [0, 0.1) is 0 Å². The molecule has 5 rings (SSSR count). The van der Waals surface area contributed by atoms with Gasteiger partial charge in [-0.15, -0.1) is 0 Å². The third-order valence-electron chi connectivity index (χ3n) is 6.09. The van der Waals surface area contributed by atoms with Crippen molar-refractivity contribution in [2.45, 2.75) is 64.2 Å². The molecule has 0 radical (unpaired) electrons. The van der Waals surface area contributed by atoms with Crippen molar-refractivity contribution in [1.29, 1.82) is 0 Å². The fourth-order valence-corrected chi connectivity index (χ4v) is 4.86. The minimum absolute atomic E-state index is 1.24. The Hall–Kier alpha value is -1.56. The second-order valence-corrected chi connectivity index (χ2v) is 7.47. The molecule has 0 heteroatoms. The maximum atomic E-state index is 2.55. The summed E-state index contributed by atoms with van der Waals surface area (Å²) in [6, 6.07) is 10.2. The highest BCUT2D eigenvalue weighted by Crippen LogP contribution is 2.39. The molecule has 0 unspecified atom stereocenters. The molecule has 3 aliphatic carbocycles. The maximum absolute atomic E-state index is 2.55. The van der Waals surface area contributed by atoms with Gasteiger partial charge in [0.1, 0.15) is 0 Å². The molecule has 0 bridgehead atoms. The van der Waals surface area contributed by atoms with Gasteiger partial charge in [-0.05, 0) is 109 Å². The second-order valence-electron chi connectivity index (χ2n) is 7.47. The highest BCUT2D eigenvalue weighted by molar-refractivity contribution is 5.75. The van der Waals surface area contributed by atoms with E-state index >= 15 is 0 Å². The predicted octanol–water partition coefficient (Wildman–Crippen LogP) is 5.21. The monoisotopic (exact) mass is 288 g/mol. The number of hydrogen-bond acceptors (Lipinski definition) is 0. The van der Waals surface area contributed by atoms with Gasteiger partial charge in [-0.2, -0.15) is 0 Å². The summed E-state index contributed by atoms with van der Waals surface area (Å²) in [5.41, 5.74) is 12.9. The van der Waals surface area contributed by atoms with E-state index in [1.165, 1.54) is 64.2 Å². The van der Waals surface area contributed by atoms with Crippen molar-refractivity contribution in [3.63, 3.8) is 0 Å². The van der Waals surface area contributed by atoms with Gasteiger partial charge in [0.05, 0.1) is 0 Å². The van der Waals surface area contributed by atoms with Crippen molar-refractivity contribution in [3.8, 4) is 11.1 Å². The molecule has 0 aromatic heterocycles. The Morgan fingerprint density at radius 3 is 1.14 bits per heavy atom. The zero-order valence-electron chi connectivity index (χ0n) is 13.4. The lowest BCUT2D eigenvalue weighted by Crippen LogP contribution is -2.12. The van der Waals surface area contributed by atoms with E-state index in [0.717, 1.165) is 0 Å². The molecule has 0 saturated carbocycles. The lowest BCUT2D eigenvalue weighted by molar-refractivity contribution is 0.681. The number of fused-ring (bicyclic) bond motifs is 5. The van der Waals surface area contributed by atoms with Crippen molar-refractivity contribution in [2.24, 2.45) is 0 Å². The molecule has 2 aromatic carbocycles. The first-order chi connectivity index (χ1) is 10.9. The minimum atomic E-state index is 1.24. The third-order valence-corrected chi connectivity index (χ3v) is 6.09. The Morgan fingerprint density at radius 2 is 0.727 bits per heavy atom. The summed E-state index contributed by atoms with van der Waals surface area (Å²) in [5.74, 6) is 0. The molecule has 0 N–H and O–H groups in total. The van der Waals surface area contributed by atoms with Crippen molar-refractivity contribution < 1.29 is 0 Å². The average Bonchev–Trinajstić information content (AvgIpc) is 2.58. The fraction of sp³-hybridized carbons (Fsp3) is 0.455. The van der Waals surface area contributed by atoms with Gasteiger partial charge in [-0.25, -0.2) is 0 Å². The fourth-order valence-electron chi connectivity index (χ4n) is 4.86.